The van der Waals surface area contributed by atoms with E-state index in [0.717, 1.165) is 39.3 Å². The minimum Gasteiger partial charge on any atom is -0.208 e. The van der Waals surface area contributed by atoms with Crippen LogP contribution in [0.4, 0.5) is 0 Å². The maximum atomic E-state index is 9.81. The van der Waals surface area contributed by atoms with Gasteiger partial charge in [-0.15, -0.1) is 0 Å². The van der Waals surface area contributed by atoms with Gasteiger partial charge < -0.3 is 0 Å². The first kappa shape index (κ1) is 31.5. The van der Waals surface area contributed by atoms with E-state index >= 15 is 0 Å². The smallest absolute Gasteiger partial charge is 0.164 e. The van der Waals surface area contributed by atoms with E-state index in [1.807, 2.05) is 72.8 Å². The van der Waals surface area contributed by atoms with Gasteiger partial charge >= 0.3 is 0 Å². The Labute approximate surface area is 310 Å². The maximum Gasteiger partial charge on any atom is 0.164 e. The van der Waals surface area contributed by atoms with Gasteiger partial charge in [0.1, 0.15) is 0 Å². The topological polar surface area (TPSA) is 62.5 Å². The van der Waals surface area contributed by atoms with Crippen LogP contribution in [0.5, 0.6) is 0 Å². The predicted molar refractivity (Wildman–Crippen MR) is 213 cm³/mol. The van der Waals surface area contributed by atoms with Crippen molar-refractivity contribution in [2.24, 2.45) is 17.8 Å². The summed E-state index contributed by atoms with van der Waals surface area (Å²) in [4.78, 5) is 15.2. The lowest BCUT2D eigenvalue weighted by Gasteiger charge is -2.46. The second-order valence-electron chi connectivity index (χ2n) is 15.1. The molecule has 7 aromatic rings. The van der Waals surface area contributed by atoms with Crippen LogP contribution in [0, 0.1) is 29.1 Å². The van der Waals surface area contributed by atoms with Crippen molar-refractivity contribution in [2.45, 2.75) is 38.0 Å². The minimum atomic E-state index is 0.0720. The Bertz CT molecular complexity index is 2580. The van der Waals surface area contributed by atoms with Crippen LogP contribution >= 0.6 is 0 Å². The molecule has 6 aromatic carbocycles. The zero-order valence-electron chi connectivity index (χ0n) is 29.7. The number of hydrogen-bond donors (Lipinski definition) is 0. The van der Waals surface area contributed by atoms with Gasteiger partial charge in [-0.3, -0.25) is 0 Å². The van der Waals surface area contributed by atoms with Crippen molar-refractivity contribution in [1.82, 2.24) is 15.0 Å². The number of rotatable bonds is 5. The third kappa shape index (κ3) is 4.99. The van der Waals surface area contributed by atoms with E-state index in [1.165, 1.54) is 53.5 Å². The van der Waals surface area contributed by atoms with E-state index < -0.39 is 0 Å². The molecule has 0 aliphatic heterocycles. The van der Waals surface area contributed by atoms with Crippen LogP contribution in [0.2, 0.25) is 0 Å². The van der Waals surface area contributed by atoms with Gasteiger partial charge in [0, 0.05) is 22.1 Å². The van der Waals surface area contributed by atoms with Crippen LogP contribution in [0.25, 0.3) is 67.5 Å². The van der Waals surface area contributed by atoms with Crippen molar-refractivity contribution in [1.29, 1.82) is 5.26 Å². The highest BCUT2D eigenvalue weighted by Crippen LogP contribution is 2.66. The molecule has 1 aromatic heterocycles. The molecule has 1 unspecified atom stereocenters. The van der Waals surface area contributed by atoms with Crippen LogP contribution in [-0.4, -0.2) is 15.0 Å². The molecule has 1 spiro atoms. The molecule has 1 heterocycles. The molecule has 10 rings (SSSR count). The van der Waals surface area contributed by atoms with E-state index in [9.17, 15) is 5.26 Å². The fraction of sp³-hybridized carbons (Fsp3) is 0.184. The molecule has 0 saturated heterocycles. The fourth-order valence-electron chi connectivity index (χ4n) is 10.2. The van der Waals surface area contributed by atoms with Crippen molar-refractivity contribution in [3.8, 4) is 73.6 Å². The number of hydrogen-bond acceptors (Lipinski definition) is 4. The predicted octanol–water partition coefficient (Wildman–Crippen LogP) is 11.8. The zero-order chi connectivity index (χ0) is 35.5. The Balaban J connectivity index is 1.12. The number of nitrogens with zero attached hydrogens (tertiary/aromatic N) is 4. The van der Waals surface area contributed by atoms with Crippen LogP contribution < -0.4 is 0 Å². The summed E-state index contributed by atoms with van der Waals surface area (Å²) in [6.45, 7) is 2.52. The molecule has 2 saturated carbocycles. The molecular weight excluding hydrogens is 645 g/mol. The van der Waals surface area contributed by atoms with Crippen molar-refractivity contribution >= 4 is 0 Å². The Kier molecular flexibility index (Phi) is 7.44. The first-order valence-corrected chi connectivity index (χ1v) is 18.9. The summed E-state index contributed by atoms with van der Waals surface area (Å²) < 4.78 is 0. The van der Waals surface area contributed by atoms with Gasteiger partial charge in [0.25, 0.3) is 0 Å². The quantitative estimate of drug-likeness (QED) is 0.181. The van der Waals surface area contributed by atoms with Gasteiger partial charge in [0.2, 0.25) is 0 Å². The zero-order valence-corrected chi connectivity index (χ0v) is 29.7. The summed E-state index contributed by atoms with van der Waals surface area (Å²) in [5.74, 6) is 4.00. The van der Waals surface area contributed by atoms with E-state index in [4.69, 9.17) is 15.0 Å². The lowest BCUT2D eigenvalue weighted by molar-refractivity contribution is 0.162. The van der Waals surface area contributed by atoms with Gasteiger partial charge in [-0.05, 0) is 99.7 Å². The van der Waals surface area contributed by atoms with Crippen LogP contribution in [0.15, 0.2) is 146 Å². The molecule has 254 valence electrons. The minimum absolute atomic E-state index is 0.0720. The van der Waals surface area contributed by atoms with Crippen LogP contribution in [0.3, 0.4) is 0 Å². The summed E-state index contributed by atoms with van der Waals surface area (Å²) in [7, 11) is 0. The Hall–Kier alpha value is -6.18. The lowest BCUT2D eigenvalue weighted by Crippen LogP contribution is -2.43. The second-order valence-corrected chi connectivity index (χ2v) is 15.1. The molecule has 4 atom stereocenters. The summed E-state index contributed by atoms with van der Waals surface area (Å²) in [5, 5.41) is 9.81. The second kappa shape index (κ2) is 12.5. The first-order chi connectivity index (χ1) is 26.1. The summed E-state index contributed by atoms with van der Waals surface area (Å²) >= 11 is 0. The Morgan fingerprint density at radius 3 is 1.81 bits per heavy atom. The molecule has 53 heavy (non-hydrogen) atoms. The van der Waals surface area contributed by atoms with Gasteiger partial charge in [0.15, 0.2) is 17.5 Å². The van der Waals surface area contributed by atoms with E-state index in [-0.39, 0.29) is 5.41 Å². The number of aromatic nitrogens is 3. The molecule has 0 radical (unpaired) electrons. The SMILES string of the molecule is C[C@@H]1C[C@@H]2CC[C@@H](C2)C12c1ccccc1-c1c(-c3cccc(-c4nc(-c5ccccc5)nc(-c5cccc(-c6ccccc6C#N)c5)n4)c3)cccc12. The molecular formula is C49H38N4. The average molecular weight is 683 g/mol. The highest BCUT2D eigenvalue weighted by molar-refractivity contribution is 5.93. The average Bonchev–Trinajstić information content (AvgIpc) is 3.77. The largest absolute Gasteiger partial charge is 0.208 e. The number of fused-ring (bicyclic) bond motifs is 8. The highest BCUT2D eigenvalue weighted by Gasteiger charge is 2.57. The summed E-state index contributed by atoms with van der Waals surface area (Å²) in [6, 6.07) is 53.3. The van der Waals surface area contributed by atoms with E-state index in [0.29, 0.717) is 34.9 Å². The Morgan fingerprint density at radius 2 is 1.08 bits per heavy atom. The number of benzene rings is 6. The lowest BCUT2D eigenvalue weighted by atomic mass is 9.56. The fourth-order valence-corrected chi connectivity index (χ4v) is 10.2. The van der Waals surface area contributed by atoms with Gasteiger partial charge in [-0.2, -0.15) is 5.26 Å². The highest BCUT2D eigenvalue weighted by atomic mass is 15.0. The Morgan fingerprint density at radius 1 is 0.528 bits per heavy atom. The molecule has 3 aliphatic carbocycles. The van der Waals surface area contributed by atoms with E-state index in [1.54, 1.807) is 0 Å². The molecule has 0 N–H and O–H groups in total. The molecule has 4 nitrogen and oxygen atoms in total. The summed E-state index contributed by atoms with van der Waals surface area (Å²) in [6.07, 6.45) is 5.34. The molecule has 3 aliphatic rings. The van der Waals surface area contributed by atoms with Gasteiger partial charge in [-0.1, -0.05) is 141 Å². The van der Waals surface area contributed by atoms with Crippen molar-refractivity contribution in [2.75, 3.05) is 0 Å². The first-order valence-electron chi connectivity index (χ1n) is 18.9. The van der Waals surface area contributed by atoms with E-state index in [2.05, 4.69) is 85.8 Å². The van der Waals surface area contributed by atoms with Crippen LogP contribution in [-0.2, 0) is 5.41 Å². The van der Waals surface area contributed by atoms with Crippen molar-refractivity contribution < 1.29 is 0 Å². The van der Waals surface area contributed by atoms with Gasteiger partial charge in [0.05, 0.1) is 11.6 Å². The molecule has 0 amide bonds. The summed E-state index contributed by atoms with van der Waals surface area (Å²) in [5.41, 5.74) is 13.5. The standard InChI is InChI=1S/C49H38N4/c1-31-26-32-24-25-39(27-32)49(31)43-22-8-7-20-42(43)45-41(21-11-23-44(45)49)35-16-10-18-37(29-35)48-52-46(33-12-3-2-4-13-33)51-47(53-48)36-17-9-15-34(28-36)40-19-6-5-14-38(40)30-50/h2-23,28-29,31-32,39H,24-27H2,1H3/t31-,32+,39+,49?/m1/s1. The maximum absolute atomic E-state index is 9.81. The normalized spacial score (nSPS) is 20.9. The van der Waals surface area contributed by atoms with Crippen LogP contribution in [0.1, 0.15) is 49.3 Å². The van der Waals surface area contributed by atoms with Gasteiger partial charge in [-0.25, -0.2) is 15.0 Å². The van der Waals surface area contributed by atoms with Crippen molar-refractivity contribution in [3.63, 3.8) is 0 Å². The molecule has 2 bridgehead atoms. The number of nitriles is 1. The third-order valence-corrected chi connectivity index (χ3v) is 12.4. The third-order valence-electron chi connectivity index (χ3n) is 12.4. The molecule has 2 fully saturated rings. The van der Waals surface area contributed by atoms with Crippen molar-refractivity contribution in [3.05, 3.63) is 162 Å². The monoisotopic (exact) mass is 682 g/mol. The molecule has 4 heteroatoms.